The minimum Gasteiger partial charge on any atom is -0.364 e. The Labute approximate surface area is 271 Å². The van der Waals surface area contributed by atoms with E-state index in [1.807, 2.05) is 0 Å². The highest BCUT2D eigenvalue weighted by Gasteiger charge is 2.54. The van der Waals surface area contributed by atoms with Crippen LogP contribution in [-0.2, 0) is 33.1 Å². The molecule has 0 aliphatic heterocycles. The number of hydrogen-bond donors (Lipinski definition) is 0. The Balaban J connectivity index is 1.44. The van der Waals surface area contributed by atoms with E-state index in [0.717, 1.165) is 19.3 Å². The maximum absolute atomic E-state index is 13.5. The summed E-state index contributed by atoms with van der Waals surface area (Å²) in [7, 11) is -2.60. The van der Waals surface area contributed by atoms with Crippen LogP contribution in [0.2, 0.25) is 0 Å². The van der Waals surface area contributed by atoms with Gasteiger partial charge in [-0.05, 0) is 75.6 Å². The fourth-order valence-corrected chi connectivity index (χ4v) is 7.31. The van der Waals surface area contributed by atoms with Crippen LogP contribution in [0.5, 0.6) is 0 Å². The second kappa shape index (κ2) is 16.1. The summed E-state index contributed by atoms with van der Waals surface area (Å²) in [5.41, 5.74) is 1.03. The molecule has 4 rings (SSSR count). The number of rotatable bonds is 18. The largest absolute Gasteiger partial charge is 0.475 e. The van der Waals surface area contributed by atoms with Gasteiger partial charge in [0.2, 0.25) is 0 Å². The number of ether oxygens (including phenoxy) is 1. The number of benzene rings is 2. The summed E-state index contributed by atoms with van der Waals surface area (Å²) in [6.45, 7) is 5.16. The Morgan fingerprint density at radius 1 is 1.00 bits per heavy atom. The fraction of sp³-hybridized carbons (Fsp3) is 0.429. The van der Waals surface area contributed by atoms with E-state index in [4.69, 9.17) is 35.4 Å². The third-order valence-corrected chi connectivity index (χ3v) is 10.3. The van der Waals surface area contributed by atoms with E-state index in [1.165, 1.54) is 29.2 Å². The third kappa shape index (κ3) is 8.47. The van der Waals surface area contributed by atoms with Crippen molar-refractivity contribution >= 4 is 26.0 Å². The van der Waals surface area contributed by atoms with Crippen molar-refractivity contribution in [3.63, 3.8) is 0 Å². The SMILES string of the molecule is CCOP(=O)(OCC)OC(CCCC/C=C/C1CC1(c1ccccc1)c1ccccc1)C(C)(OC)C(=O)On1ccccc1=S. The van der Waals surface area contributed by atoms with Crippen LogP contribution >= 0.6 is 20.0 Å². The summed E-state index contributed by atoms with van der Waals surface area (Å²) in [6.07, 6.45) is 8.84. The first kappa shape index (κ1) is 35.0. The van der Waals surface area contributed by atoms with Crippen molar-refractivity contribution in [1.29, 1.82) is 0 Å². The average Bonchev–Trinajstić information content (AvgIpc) is 3.79. The van der Waals surface area contributed by atoms with Gasteiger partial charge in [0.05, 0.1) is 13.2 Å². The van der Waals surface area contributed by atoms with Crippen molar-refractivity contribution in [1.82, 2.24) is 4.73 Å². The molecule has 0 N–H and O–H groups in total. The van der Waals surface area contributed by atoms with Gasteiger partial charge in [-0.2, -0.15) is 4.73 Å². The number of hydrogen-bond acceptors (Lipinski definition) is 8. The highest BCUT2D eigenvalue weighted by Crippen LogP contribution is 2.59. The molecule has 10 heteroatoms. The van der Waals surface area contributed by atoms with Crippen molar-refractivity contribution in [2.45, 2.75) is 70.0 Å². The molecule has 0 amide bonds. The molecule has 0 saturated heterocycles. The number of allylic oxidation sites excluding steroid dienone is 2. The number of pyridine rings is 1. The predicted molar refractivity (Wildman–Crippen MR) is 177 cm³/mol. The molecule has 45 heavy (non-hydrogen) atoms. The average molecular weight is 654 g/mol. The number of aromatic nitrogens is 1. The van der Waals surface area contributed by atoms with Gasteiger partial charge in [-0.3, -0.25) is 13.6 Å². The lowest BCUT2D eigenvalue weighted by Crippen LogP contribution is -2.53. The van der Waals surface area contributed by atoms with Gasteiger partial charge in [0.15, 0.2) is 5.60 Å². The van der Waals surface area contributed by atoms with Gasteiger partial charge in [-0.1, -0.05) is 97.5 Å². The highest BCUT2D eigenvalue weighted by molar-refractivity contribution is 7.71. The molecule has 1 aliphatic carbocycles. The van der Waals surface area contributed by atoms with Gasteiger partial charge in [-0.15, -0.1) is 0 Å². The Hall–Kier alpha value is -2.91. The number of phosphoric ester groups is 1. The van der Waals surface area contributed by atoms with E-state index < -0.39 is 25.5 Å². The van der Waals surface area contributed by atoms with Crippen LogP contribution in [0.15, 0.2) is 97.2 Å². The zero-order chi connectivity index (χ0) is 32.3. The summed E-state index contributed by atoms with van der Waals surface area (Å²) in [5, 5.41) is 0. The van der Waals surface area contributed by atoms with Gasteiger partial charge in [0, 0.05) is 18.7 Å². The van der Waals surface area contributed by atoms with E-state index in [9.17, 15) is 9.36 Å². The second-order valence-corrected chi connectivity index (χ2v) is 13.2. The molecular weight excluding hydrogens is 609 g/mol. The topological polar surface area (TPSA) is 85.2 Å². The van der Waals surface area contributed by atoms with Crippen LogP contribution in [0.1, 0.15) is 64.0 Å². The molecule has 1 aromatic heterocycles. The first-order chi connectivity index (χ1) is 21.7. The van der Waals surface area contributed by atoms with Crippen LogP contribution < -0.4 is 4.84 Å². The maximum atomic E-state index is 13.5. The molecule has 242 valence electrons. The standard InChI is InChI=1S/C35H44NO7PS/c1-5-40-44(38,41-6-2)43-31(34(3,39-4)33(37)42-36-26-18-17-25-32(36)45)24-16-8-7-11-23-30-27-35(30,28-19-12-9-13-20-28)29-21-14-10-15-22-29/h9-15,17-23,25-26,30-31H,5-8,16,24,27H2,1-4H3/b23-11+. The molecule has 2 aromatic carbocycles. The lowest BCUT2D eigenvalue weighted by atomic mass is 9.85. The lowest BCUT2D eigenvalue weighted by molar-refractivity contribution is -0.181. The van der Waals surface area contributed by atoms with E-state index in [-0.39, 0.29) is 18.6 Å². The molecule has 1 saturated carbocycles. The fourth-order valence-electron chi connectivity index (χ4n) is 5.69. The van der Waals surface area contributed by atoms with Crippen LogP contribution in [0.3, 0.4) is 0 Å². The summed E-state index contributed by atoms with van der Waals surface area (Å²) in [5.74, 6) is -0.332. The van der Waals surface area contributed by atoms with Crippen molar-refractivity contribution in [2.75, 3.05) is 20.3 Å². The van der Waals surface area contributed by atoms with Gasteiger partial charge >= 0.3 is 13.8 Å². The summed E-state index contributed by atoms with van der Waals surface area (Å²) in [6, 6.07) is 26.5. The molecule has 1 fully saturated rings. The smallest absolute Gasteiger partial charge is 0.364 e. The summed E-state index contributed by atoms with van der Waals surface area (Å²) in [4.78, 5) is 19.1. The zero-order valence-corrected chi connectivity index (χ0v) is 28.2. The molecule has 0 radical (unpaired) electrons. The van der Waals surface area contributed by atoms with Crippen LogP contribution in [-0.4, -0.2) is 42.7 Å². The molecule has 1 aliphatic rings. The first-order valence-electron chi connectivity index (χ1n) is 15.5. The Kier molecular flexibility index (Phi) is 12.5. The maximum Gasteiger partial charge on any atom is 0.475 e. The number of nitrogens with zero attached hydrogens (tertiary/aromatic N) is 1. The Morgan fingerprint density at radius 3 is 2.16 bits per heavy atom. The van der Waals surface area contributed by atoms with Gasteiger partial charge in [0.1, 0.15) is 10.7 Å². The minimum absolute atomic E-state index is 0.0000371. The molecule has 3 atom stereocenters. The summed E-state index contributed by atoms with van der Waals surface area (Å²) < 4.78 is 37.4. The van der Waals surface area contributed by atoms with Gasteiger partial charge in [0.25, 0.3) is 0 Å². The normalized spacial score (nSPS) is 17.9. The highest BCUT2D eigenvalue weighted by atomic mass is 32.1. The molecule has 1 heterocycles. The number of methoxy groups -OCH3 is 1. The monoisotopic (exact) mass is 653 g/mol. The Morgan fingerprint density at radius 2 is 1.60 bits per heavy atom. The number of carbonyl (C=O) groups excluding carboxylic acids is 1. The molecule has 3 aromatic rings. The van der Waals surface area contributed by atoms with Gasteiger partial charge in [-0.25, -0.2) is 9.36 Å². The predicted octanol–water partition coefficient (Wildman–Crippen LogP) is 8.27. The Bertz CT molecular complexity index is 1460. The van der Waals surface area contributed by atoms with Crippen LogP contribution in [0, 0.1) is 10.6 Å². The van der Waals surface area contributed by atoms with Crippen LogP contribution in [0.25, 0.3) is 0 Å². The van der Waals surface area contributed by atoms with Crippen molar-refractivity contribution < 1.29 is 32.5 Å². The molecule has 0 spiro atoms. The van der Waals surface area contributed by atoms with Gasteiger partial charge < -0.3 is 9.57 Å². The third-order valence-electron chi connectivity index (χ3n) is 8.29. The molecular formula is C35H44NO7PS. The van der Waals surface area contributed by atoms with Crippen molar-refractivity contribution in [3.8, 4) is 0 Å². The second-order valence-electron chi connectivity index (χ2n) is 11.2. The lowest BCUT2D eigenvalue weighted by Gasteiger charge is -2.35. The van der Waals surface area contributed by atoms with Crippen molar-refractivity contribution in [2.24, 2.45) is 5.92 Å². The minimum atomic E-state index is -3.99. The van der Waals surface area contributed by atoms with E-state index >= 15 is 0 Å². The molecule has 8 nitrogen and oxygen atoms in total. The van der Waals surface area contributed by atoms with E-state index in [1.54, 1.807) is 39.0 Å². The molecule has 3 unspecified atom stereocenters. The quantitative estimate of drug-likeness (QED) is 0.0587. The number of phosphoric acid groups is 1. The van der Waals surface area contributed by atoms with Crippen molar-refractivity contribution in [3.05, 3.63) is 113 Å². The first-order valence-corrected chi connectivity index (χ1v) is 17.4. The zero-order valence-electron chi connectivity index (χ0n) is 26.5. The molecule has 0 bridgehead atoms. The summed E-state index contributed by atoms with van der Waals surface area (Å²) >= 11 is 5.28. The number of carbonyl (C=O) groups is 1. The van der Waals surface area contributed by atoms with E-state index in [0.29, 0.717) is 23.4 Å². The number of unbranched alkanes of at least 4 members (excludes halogenated alkanes) is 2. The van der Waals surface area contributed by atoms with Crippen LogP contribution in [0.4, 0.5) is 0 Å². The van der Waals surface area contributed by atoms with E-state index in [2.05, 4.69) is 72.8 Å².